The summed E-state index contributed by atoms with van der Waals surface area (Å²) in [6.07, 6.45) is 7.17. The molecular formula is C20H26N4O. The largest absolute Gasteiger partial charge is 0.335 e. The monoisotopic (exact) mass is 338 g/mol. The number of aryl methyl sites for hydroxylation is 1. The first-order valence-corrected chi connectivity index (χ1v) is 9.34. The molecule has 5 nitrogen and oxygen atoms in total. The van der Waals surface area contributed by atoms with Gasteiger partial charge in [-0.2, -0.15) is 5.10 Å². The molecule has 1 saturated carbocycles. The van der Waals surface area contributed by atoms with E-state index in [1.165, 1.54) is 29.7 Å². The number of benzene rings is 1. The number of carbonyl (C=O) groups is 1. The van der Waals surface area contributed by atoms with Crippen molar-refractivity contribution >= 4 is 6.03 Å². The summed E-state index contributed by atoms with van der Waals surface area (Å²) in [7, 11) is 0. The number of nitrogens with zero attached hydrogens (tertiary/aromatic N) is 2. The van der Waals surface area contributed by atoms with E-state index in [2.05, 4.69) is 34.6 Å². The minimum Gasteiger partial charge on any atom is -0.335 e. The molecule has 1 fully saturated rings. The lowest BCUT2D eigenvalue weighted by Crippen LogP contribution is -2.48. The number of nitrogens with one attached hydrogen (secondary N) is 2. The Kier molecular flexibility index (Phi) is 4.47. The number of amides is 2. The third kappa shape index (κ3) is 3.70. The first kappa shape index (κ1) is 16.2. The minimum atomic E-state index is 0.0696. The van der Waals surface area contributed by atoms with Crippen molar-refractivity contribution in [3.05, 3.63) is 53.3 Å². The number of hydrogen-bond donors (Lipinski definition) is 2. The fraction of sp³-hybridized carbons (Fsp3) is 0.500. The van der Waals surface area contributed by atoms with Crippen LogP contribution in [0.3, 0.4) is 0 Å². The number of urea groups is 1. The van der Waals surface area contributed by atoms with Crippen molar-refractivity contribution in [2.75, 3.05) is 6.54 Å². The molecule has 0 bridgehead atoms. The van der Waals surface area contributed by atoms with Gasteiger partial charge in [-0.05, 0) is 56.1 Å². The molecule has 2 aromatic rings. The number of fused-ring (bicyclic) bond motifs is 1. The van der Waals surface area contributed by atoms with Crippen LogP contribution < -0.4 is 5.32 Å². The van der Waals surface area contributed by atoms with Crippen molar-refractivity contribution in [1.29, 1.82) is 0 Å². The maximum absolute atomic E-state index is 13.0. The van der Waals surface area contributed by atoms with E-state index in [0.717, 1.165) is 25.8 Å². The first-order valence-electron chi connectivity index (χ1n) is 9.34. The van der Waals surface area contributed by atoms with Gasteiger partial charge in [-0.15, -0.1) is 0 Å². The molecule has 0 spiro atoms. The van der Waals surface area contributed by atoms with Crippen LogP contribution in [0.25, 0.3) is 0 Å². The number of aromatic nitrogens is 2. The smallest absolute Gasteiger partial charge is 0.318 e. The lowest BCUT2D eigenvalue weighted by atomic mass is 9.94. The molecule has 132 valence electrons. The van der Waals surface area contributed by atoms with Gasteiger partial charge >= 0.3 is 6.03 Å². The molecule has 5 heteroatoms. The maximum Gasteiger partial charge on any atom is 0.318 e. The average Bonchev–Trinajstić information content (AvgIpc) is 3.34. The van der Waals surface area contributed by atoms with E-state index in [1.54, 1.807) is 0 Å². The maximum atomic E-state index is 13.0. The summed E-state index contributed by atoms with van der Waals surface area (Å²) in [4.78, 5) is 15.1. The highest BCUT2D eigenvalue weighted by Crippen LogP contribution is 2.33. The molecule has 0 aliphatic heterocycles. The van der Waals surface area contributed by atoms with Crippen LogP contribution in [0.5, 0.6) is 0 Å². The zero-order valence-electron chi connectivity index (χ0n) is 14.7. The SMILES string of the molecule is C[C@H](c1ccccc1)N(CC1CC1)C(=O)N[C@H]1CCc2[nH]ncc2C1. The second-order valence-electron chi connectivity index (χ2n) is 7.45. The van der Waals surface area contributed by atoms with E-state index < -0.39 is 0 Å². The fourth-order valence-corrected chi connectivity index (χ4v) is 3.70. The van der Waals surface area contributed by atoms with Gasteiger partial charge in [0.15, 0.2) is 0 Å². The number of hydrogen-bond acceptors (Lipinski definition) is 2. The van der Waals surface area contributed by atoms with E-state index >= 15 is 0 Å². The Hall–Kier alpha value is -2.30. The van der Waals surface area contributed by atoms with Gasteiger partial charge in [0.05, 0.1) is 12.2 Å². The molecule has 2 aliphatic carbocycles. The van der Waals surface area contributed by atoms with E-state index in [4.69, 9.17) is 0 Å². The van der Waals surface area contributed by atoms with Gasteiger partial charge in [-0.25, -0.2) is 4.79 Å². The summed E-state index contributed by atoms with van der Waals surface area (Å²) in [5.41, 5.74) is 3.65. The van der Waals surface area contributed by atoms with Crippen LogP contribution in [-0.2, 0) is 12.8 Å². The van der Waals surface area contributed by atoms with Crippen LogP contribution in [-0.4, -0.2) is 33.7 Å². The molecule has 1 aromatic heterocycles. The number of rotatable bonds is 5. The highest BCUT2D eigenvalue weighted by molar-refractivity contribution is 5.75. The second-order valence-corrected chi connectivity index (χ2v) is 7.45. The Balaban J connectivity index is 1.44. The minimum absolute atomic E-state index is 0.0696. The molecule has 1 heterocycles. The van der Waals surface area contributed by atoms with Gasteiger partial charge in [-0.1, -0.05) is 30.3 Å². The van der Waals surface area contributed by atoms with Crippen molar-refractivity contribution in [2.45, 2.75) is 51.1 Å². The van der Waals surface area contributed by atoms with E-state index in [0.29, 0.717) is 5.92 Å². The lowest BCUT2D eigenvalue weighted by molar-refractivity contribution is 0.171. The van der Waals surface area contributed by atoms with Gasteiger partial charge in [0.1, 0.15) is 0 Å². The van der Waals surface area contributed by atoms with Gasteiger partial charge in [0.2, 0.25) is 0 Å². The zero-order valence-corrected chi connectivity index (χ0v) is 14.7. The van der Waals surface area contributed by atoms with Crippen molar-refractivity contribution in [1.82, 2.24) is 20.4 Å². The Morgan fingerprint density at radius 2 is 2.12 bits per heavy atom. The molecule has 2 aliphatic rings. The summed E-state index contributed by atoms with van der Waals surface area (Å²) < 4.78 is 0. The Morgan fingerprint density at radius 3 is 2.88 bits per heavy atom. The molecule has 4 rings (SSSR count). The van der Waals surface area contributed by atoms with E-state index in [9.17, 15) is 4.79 Å². The molecular weight excluding hydrogens is 312 g/mol. The Labute approximate surface area is 148 Å². The summed E-state index contributed by atoms with van der Waals surface area (Å²) in [5.74, 6) is 0.670. The van der Waals surface area contributed by atoms with Crippen molar-refractivity contribution in [2.24, 2.45) is 5.92 Å². The third-order valence-electron chi connectivity index (χ3n) is 5.51. The topological polar surface area (TPSA) is 61.0 Å². The summed E-state index contributed by atoms with van der Waals surface area (Å²) in [6, 6.07) is 10.7. The lowest BCUT2D eigenvalue weighted by Gasteiger charge is -2.32. The van der Waals surface area contributed by atoms with Gasteiger partial charge in [0, 0.05) is 18.3 Å². The second kappa shape index (κ2) is 6.90. The van der Waals surface area contributed by atoms with Gasteiger partial charge in [-0.3, -0.25) is 5.10 Å². The Bertz CT molecular complexity index is 722. The highest BCUT2D eigenvalue weighted by Gasteiger charge is 2.31. The quantitative estimate of drug-likeness (QED) is 0.877. The molecule has 0 saturated heterocycles. The van der Waals surface area contributed by atoms with Crippen LogP contribution >= 0.6 is 0 Å². The summed E-state index contributed by atoms with van der Waals surface area (Å²) >= 11 is 0. The van der Waals surface area contributed by atoms with Crippen LogP contribution in [0, 0.1) is 5.92 Å². The van der Waals surface area contributed by atoms with Crippen LogP contribution in [0.4, 0.5) is 4.79 Å². The van der Waals surface area contributed by atoms with Crippen molar-refractivity contribution in [3.8, 4) is 0 Å². The van der Waals surface area contributed by atoms with E-state index in [1.807, 2.05) is 29.3 Å². The van der Waals surface area contributed by atoms with Crippen molar-refractivity contribution in [3.63, 3.8) is 0 Å². The fourth-order valence-electron chi connectivity index (χ4n) is 3.70. The predicted octanol–water partition coefficient (Wildman–Crippen LogP) is 3.45. The zero-order chi connectivity index (χ0) is 17.2. The number of carbonyl (C=O) groups excluding carboxylic acids is 1. The molecule has 0 unspecified atom stereocenters. The molecule has 1 aromatic carbocycles. The summed E-state index contributed by atoms with van der Waals surface area (Å²) in [5, 5.41) is 10.5. The highest BCUT2D eigenvalue weighted by atomic mass is 16.2. The Morgan fingerprint density at radius 1 is 1.32 bits per heavy atom. The van der Waals surface area contributed by atoms with Crippen LogP contribution in [0.15, 0.2) is 36.5 Å². The van der Waals surface area contributed by atoms with Gasteiger partial charge < -0.3 is 10.2 Å². The average molecular weight is 338 g/mol. The normalized spacial score (nSPS) is 20.6. The molecule has 0 radical (unpaired) electrons. The predicted molar refractivity (Wildman–Crippen MR) is 97.2 cm³/mol. The standard InChI is InChI=1S/C20H26N4O/c1-14(16-5-3-2-4-6-16)24(13-15-7-8-15)20(25)22-18-9-10-19-17(11-18)12-21-23-19/h2-6,12,14-15,18H,7-11,13H2,1H3,(H,21,23)(H,22,25)/t14-,18+/m1/s1. The first-order chi connectivity index (χ1) is 12.2. The van der Waals surface area contributed by atoms with Crippen molar-refractivity contribution < 1.29 is 4.79 Å². The van der Waals surface area contributed by atoms with E-state index in [-0.39, 0.29) is 18.1 Å². The number of H-pyrrole nitrogens is 1. The summed E-state index contributed by atoms with van der Waals surface area (Å²) in [6.45, 7) is 2.98. The van der Waals surface area contributed by atoms with Crippen LogP contribution in [0.2, 0.25) is 0 Å². The molecule has 2 amide bonds. The molecule has 2 atom stereocenters. The molecule has 2 N–H and O–H groups in total. The van der Waals surface area contributed by atoms with Gasteiger partial charge in [0.25, 0.3) is 0 Å². The van der Waals surface area contributed by atoms with Crippen LogP contribution in [0.1, 0.15) is 49.0 Å². The third-order valence-corrected chi connectivity index (χ3v) is 5.51. The molecule has 25 heavy (non-hydrogen) atoms. The number of aromatic amines is 1.